The molecule has 1 aliphatic rings. The summed E-state index contributed by atoms with van der Waals surface area (Å²) in [4.78, 5) is 23.9. The number of carbonyl (C=O) groups excluding carboxylic acids is 2. The molecule has 1 atom stereocenters. The van der Waals surface area contributed by atoms with Gasteiger partial charge in [0.25, 0.3) is 5.91 Å². The van der Waals surface area contributed by atoms with E-state index in [0.29, 0.717) is 12.1 Å². The van der Waals surface area contributed by atoms with Gasteiger partial charge in [-0.1, -0.05) is 30.4 Å². The minimum absolute atomic E-state index is 0.238. The van der Waals surface area contributed by atoms with Gasteiger partial charge in [-0.05, 0) is 43.0 Å². The largest absolute Gasteiger partial charge is 0.456 e. The number of anilines is 1. The van der Waals surface area contributed by atoms with Crippen LogP contribution in [0.3, 0.4) is 0 Å². The number of carbonyl (C=O) groups is 2. The van der Waals surface area contributed by atoms with Gasteiger partial charge in [-0.25, -0.2) is 0 Å². The van der Waals surface area contributed by atoms with Crippen molar-refractivity contribution < 1.29 is 18.7 Å². The van der Waals surface area contributed by atoms with Crippen LogP contribution >= 0.6 is 0 Å². The highest BCUT2D eigenvalue weighted by Crippen LogP contribution is 2.30. The number of rotatable bonds is 5. The minimum Gasteiger partial charge on any atom is -0.456 e. The molecule has 1 heterocycles. The predicted octanol–water partition coefficient (Wildman–Crippen LogP) is 4.42. The van der Waals surface area contributed by atoms with Crippen LogP contribution in [0.15, 0.2) is 59.0 Å². The Morgan fingerprint density at radius 1 is 1.12 bits per heavy atom. The molecule has 0 bridgehead atoms. The molecule has 1 aromatic heterocycles. The molecule has 0 saturated heterocycles. The predicted molar refractivity (Wildman–Crippen MR) is 99.8 cm³/mol. The van der Waals surface area contributed by atoms with Crippen LogP contribution in [-0.2, 0) is 14.3 Å². The standard InChI is InChI=1S/C21H19NO4/c23-20(13-25-21(24)11-14-5-1-2-6-14)22-15-9-10-19-17(12-15)16-7-3-4-8-18(16)26-19/h1,3-5,7-10,12,14H,2,6,11,13H2,(H,22,23)/t14-/m0/s1. The number of allylic oxidation sites excluding steroid dienone is 2. The molecule has 4 rings (SSSR count). The second-order valence-electron chi connectivity index (χ2n) is 6.49. The SMILES string of the molecule is O=C(COC(=O)C[C@H]1C=CCC1)Nc1ccc2oc3ccccc3c2c1. The van der Waals surface area contributed by atoms with Crippen LogP contribution in [0.4, 0.5) is 5.69 Å². The molecule has 2 aromatic carbocycles. The molecule has 1 amide bonds. The Morgan fingerprint density at radius 3 is 2.81 bits per heavy atom. The van der Waals surface area contributed by atoms with E-state index in [1.54, 1.807) is 6.07 Å². The first-order valence-electron chi connectivity index (χ1n) is 8.72. The van der Waals surface area contributed by atoms with E-state index in [2.05, 4.69) is 11.4 Å². The zero-order valence-corrected chi connectivity index (χ0v) is 14.2. The van der Waals surface area contributed by atoms with Gasteiger partial charge in [0.05, 0.1) is 6.42 Å². The van der Waals surface area contributed by atoms with Crippen molar-refractivity contribution >= 4 is 39.5 Å². The van der Waals surface area contributed by atoms with Crippen LogP contribution in [0.2, 0.25) is 0 Å². The van der Waals surface area contributed by atoms with E-state index in [1.807, 2.05) is 42.5 Å². The molecule has 1 aliphatic carbocycles. The second kappa shape index (κ2) is 7.04. The third kappa shape index (κ3) is 3.47. The van der Waals surface area contributed by atoms with Crippen molar-refractivity contribution in [2.24, 2.45) is 5.92 Å². The summed E-state index contributed by atoms with van der Waals surface area (Å²) in [5.41, 5.74) is 2.21. The molecule has 0 radical (unpaired) electrons. The highest BCUT2D eigenvalue weighted by atomic mass is 16.5. The lowest BCUT2D eigenvalue weighted by molar-refractivity contribution is -0.147. The van der Waals surface area contributed by atoms with E-state index < -0.39 is 0 Å². The average Bonchev–Trinajstić information content (AvgIpc) is 3.27. The highest BCUT2D eigenvalue weighted by molar-refractivity contribution is 6.07. The Kier molecular flexibility index (Phi) is 4.44. The van der Waals surface area contributed by atoms with Crippen molar-refractivity contribution in [3.8, 4) is 0 Å². The fourth-order valence-electron chi connectivity index (χ4n) is 3.29. The molecule has 1 N–H and O–H groups in total. The lowest BCUT2D eigenvalue weighted by Crippen LogP contribution is -2.21. The zero-order valence-electron chi connectivity index (χ0n) is 14.2. The van der Waals surface area contributed by atoms with Crippen LogP contribution in [0.5, 0.6) is 0 Å². The third-order valence-corrected chi connectivity index (χ3v) is 4.57. The number of para-hydroxylation sites is 1. The van der Waals surface area contributed by atoms with Crippen molar-refractivity contribution in [2.75, 3.05) is 11.9 Å². The van der Waals surface area contributed by atoms with Crippen molar-refractivity contribution in [3.05, 3.63) is 54.6 Å². The van der Waals surface area contributed by atoms with E-state index >= 15 is 0 Å². The lowest BCUT2D eigenvalue weighted by Gasteiger charge is -2.09. The molecule has 0 fully saturated rings. The summed E-state index contributed by atoms with van der Waals surface area (Å²) in [6, 6.07) is 13.2. The number of hydrogen-bond donors (Lipinski definition) is 1. The first kappa shape index (κ1) is 16.4. The number of esters is 1. The average molecular weight is 349 g/mol. The van der Waals surface area contributed by atoms with Gasteiger partial charge in [-0.2, -0.15) is 0 Å². The number of fused-ring (bicyclic) bond motifs is 3. The monoisotopic (exact) mass is 349 g/mol. The number of furan rings is 1. The van der Waals surface area contributed by atoms with Crippen LogP contribution in [0.1, 0.15) is 19.3 Å². The van der Waals surface area contributed by atoms with E-state index in [-0.39, 0.29) is 24.4 Å². The third-order valence-electron chi connectivity index (χ3n) is 4.57. The summed E-state index contributed by atoms with van der Waals surface area (Å²) < 4.78 is 10.8. The zero-order chi connectivity index (χ0) is 17.9. The van der Waals surface area contributed by atoms with Crippen LogP contribution in [0.25, 0.3) is 21.9 Å². The number of amides is 1. The Bertz CT molecular complexity index is 1000. The van der Waals surface area contributed by atoms with E-state index in [4.69, 9.17) is 9.15 Å². The summed E-state index contributed by atoms with van der Waals surface area (Å²) >= 11 is 0. The summed E-state index contributed by atoms with van der Waals surface area (Å²) in [7, 11) is 0. The van der Waals surface area contributed by atoms with Crippen molar-refractivity contribution in [1.29, 1.82) is 0 Å². The van der Waals surface area contributed by atoms with Crippen LogP contribution in [-0.4, -0.2) is 18.5 Å². The molecule has 0 aliphatic heterocycles. The first-order chi connectivity index (χ1) is 12.7. The molecule has 26 heavy (non-hydrogen) atoms. The van der Waals surface area contributed by atoms with Crippen molar-refractivity contribution in [1.82, 2.24) is 0 Å². The van der Waals surface area contributed by atoms with E-state index in [0.717, 1.165) is 34.8 Å². The van der Waals surface area contributed by atoms with Gasteiger partial charge in [-0.15, -0.1) is 0 Å². The molecular formula is C21H19NO4. The van der Waals surface area contributed by atoms with Gasteiger partial charge in [-0.3, -0.25) is 9.59 Å². The van der Waals surface area contributed by atoms with E-state index in [1.165, 1.54) is 0 Å². The number of hydrogen-bond acceptors (Lipinski definition) is 4. The van der Waals surface area contributed by atoms with E-state index in [9.17, 15) is 9.59 Å². The molecule has 3 aromatic rings. The number of nitrogens with one attached hydrogen (secondary N) is 1. The van der Waals surface area contributed by atoms with Crippen LogP contribution in [0, 0.1) is 5.92 Å². The molecule has 0 spiro atoms. The second-order valence-corrected chi connectivity index (χ2v) is 6.49. The summed E-state index contributed by atoms with van der Waals surface area (Å²) in [5, 5.41) is 4.69. The maximum atomic E-state index is 12.1. The van der Waals surface area contributed by atoms with Gasteiger partial charge < -0.3 is 14.5 Å². The summed E-state index contributed by atoms with van der Waals surface area (Å²) in [6.07, 6.45) is 6.41. The maximum Gasteiger partial charge on any atom is 0.306 e. The number of ether oxygens (including phenoxy) is 1. The Balaban J connectivity index is 1.38. The summed E-state index contributed by atoms with van der Waals surface area (Å²) in [5.74, 6) is -0.456. The fourth-order valence-corrected chi connectivity index (χ4v) is 3.29. The van der Waals surface area contributed by atoms with Gasteiger partial charge in [0.2, 0.25) is 0 Å². The van der Waals surface area contributed by atoms with Crippen molar-refractivity contribution in [2.45, 2.75) is 19.3 Å². The fraction of sp³-hybridized carbons (Fsp3) is 0.238. The Hall–Kier alpha value is -3.08. The molecule has 5 heteroatoms. The normalized spacial score (nSPS) is 16.2. The van der Waals surface area contributed by atoms with Crippen molar-refractivity contribution in [3.63, 3.8) is 0 Å². The maximum absolute atomic E-state index is 12.1. The first-order valence-corrected chi connectivity index (χ1v) is 8.72. The molecular weight excluding hydrogens is 330 g/mol. The quantitative estimate of drug-likeness (QED) is 0.547. The van der Waals surface area contributed by atoms with Gasteiger partial charge >= 0.3 is 5.97 Å². The minimum atomic E-state index is -0.354. The topological polar surface area (TPSA) is 68.5 Å². The molecule has 5 nitrogen and oxygen atoms in total. The summed E-state index contributed by atoms with van der Waals surface area (Å²) in [6.45, 7) is -0.278. The van der Waals surface area contributed by atoms with Crippen LogP contribution < -0.4 is 5.32 Å². The number of benzene rings is 2. The Morgan fingerprint density at radius 2 is 1.96 bits per heavy atom. The van der Waals surface area contributed by atoms with Gasteiger partial charge in [0.15, 0.2) is 6.61 Å². The van der Waals surface area contributed by atoms with Gasteiger partial charge in [0, 0.05) is 16.5 Å². The molecule has 132 valence electrons. The highest BCUT2D eigenvalue weighted by Gasteiger charge is 2.16. The lowest BCUT2D eigenvalue weighted by atomic mass is 10.1. The van der Waals surface area contributed by atoms with Gasteiger partial charge in [0.1, 0.15) is 11.2 Å². The molecule has 0 unspecified atom stereocenters. The molecule has 0 saturated carbocycles. The Labute approximate surface area is 150 Å². The smallest absolute Gasteiger partial charge is 0.306 e.